The zero-order valence-electron chi connectivity index (χ0n) is 12.1. The van der Waals surface area contributed by atoms with Crippen LogP contribution in [-0.2, 0) is 6.42 Å². The van der Waals surface area contributed by atoms with Crippen molar-refractivity contribution in [2.75, 3.05) is 5.32 Å². The minimum absolute atomic E-state index is 0.0539. The SMILES string of the molecule is NC(=O)c1ccc(NC2CCc3c(Cl)cccc32)c([N+](=O)[O-])c1. The third-order valence-corrected chi connectivity index (χ3v) is 4.38. The van der Waals surface area contributed by atoms with Crippen LogP contribution in [0.15, 0.2) is 36.4 Å². The van der Waals surface area contributed by atoms with E-state index < -0.39 is 10.8 Å². The van der Waals surface area contributed by atoms with Gasteiger partial charge in [0.2, 0.25) is 5.91 Å². The van der Waals surface area contributed by atoms with Crippen molar-refractivity contribution >= 4 is 28.9 Å². The second-order valence-electron chi connectivity index (χ2n) is 5.40. The number of benzene rings is 2. The third-order valence-electron chi connectivity index (χ3n) is 4.02. The van der Waals surface area contributed by atoms with Gasteiger partial charge in [-0.25, -0.2) is 0 Å². The summed E-state index contributed by atoms with van der Waals surface area (Å²) in [7, 11) is 0. The van der Waals surface area contributed by atoms with Gasteiger partial charge < -0.3 is 11.1 Å². The Morgan fingerprint density at radius 3 is 2.83 bits per heavy atom. The summed E-state index contributed by atoms with van der Waals surface area (Å²) in [5, 5.41) is 15.2. The zero-order chi connectivity index (χ0) is 16.6. The fourth-order valence-corrected chi connectivity index (χ4v) is 3.18. The normalized spacial score (nSPS) is 16.0. The number of carbonyl (C=O) groups is 1. The van der Waals surface area contributed by atoms with Gasteiger partial charge in [-0.2, -0.15) is 0 Å². The number of nitro groups is 1. The zero-order valence-corrected chi connectivity index (χ0v) is 12.8. The number of nitrogens with two attached hydrogens (primary N) is 1. The molecule has 118 valence electrons. The molecular formula is C16H14ClN3O3. The number of nitrogens with one attached hydrogen (secondary N) is 1. The summed E-state index contributed by atoms with van der Waals surface area (Å²) in [5.74, 6) is -0.697. The molecule has 0 spiro atoms. The minimum atomic E-state index is -0.697. The van der Waals surface area contributed by atoms with Gasteiger partial charge in [-0.15, -0.1) is 0 Å². The van der Waals surface area contributed by atoms with E-state index in [0.717, 1.165) is 24.0 Å². The van der Waals surface area contributed by atoms with Gasteiger partial charge in [0.05, 0.1) is 11.0 Å². The average Bonchev–Trinajstić information content (AvgIpc) is 2.92. The molecule has 1 atom stereocenters. The molecule has 0 saturated heterocycles. The number of nitrogens with zero attached hydrogens (tertiary/aromatic N) is 1. The summed E-state index contributed by atoms with van der Waals surface area (Å²) in [5.41, 5.74) is 7.60. The van der Waals surface area contributed by atoms with Crippen LogP contribution < -0.4 is 11.1 Å². The van der Waals surface area contributed by atoms with Crippen molar-refractivity contribution in [2.45, 2.75) is 18.9 Å². The first-order chi connectivity index (χ1) is 11.0. The first-order valence-corrected chi connectivity index (χ1v) is 7.47. The molecule has 0 aromatic heterocycles. The number of rotatable bonds is 4. The Balaban J connectivity index is 1.94. The van der Waals surface area contributed by atoms with Crippen LogP contribution in [0.3, 0.4) is 0 Å². The molecule has 0 aliphatic heterocycles. The van der Waals surface area contributed by atoms with Crippen molar-refractivity contribution in [1.82, 2.24) is 0 Å². The molecule has 0 radical (unpaired) electrons. The molecule has 2 aromatic rings. The van der Waals surface area contributed by atoms with Gasteiger partial charge in [-0.05, 0) is 42.2 Å². The van der Waals surface area contributed by atoms with Gasteiger partial charge in [0.1, 0.15) is 5.69 Å². The lowest BCUT2D eigenvalue weighted by molar-refractivity contribution is -0.384. The summed E-state index contributed by atoms with van der Waals surface area (Å²) >= 11 is 6.19. The predicted octanol–water partition coefficient (Wildman–Crippen LogP) is 3.45. The standard InChI is InChI=1S/C16H14ClN3O3/c17-12-3-1-2-11-10(12)5-7-13(11)19-14-6-4-9(16(18)21)8-15(14)20(22)23/h1-4,6,8,13,19H,5,7H2,(H2,18,21). The van der Waals surface area contributed by atoms with Gasteiger partial charge in [0, 0.05) is 16.7 Å². The number of carbonyl (C=O) groups excluding carboxylic acids is 1. The fraction of sp³-hybridized carbons (Fsp3) is 0.188. The Hall–Kier alpha value is -2.60. The summed E-state index contributed by atoms with van der Waals surface area (Å²) < 4.78 is 0. The number of halogens is 1. The lowest BCUT2D eigenvalue weighted by Gasteiger charge is -2.16. The van der Waals surface area contributed by atoms with Gasteiger partial charge in [-0.3, -0.25) is 14.9 Å². The summed E-state index contributed by atoms with van der Waals surface area (Å²) in [6, 6.07) is 9.81. The smallest absolute Gasteiger partial charge is 0.293 e. The van der Waals surface area contributed by atoms with Crippen LogP contribution >= 0.6 is 11.6 Å². The highest BCUT2D eigenvalue weighted by Crippen LogP contribution is 2.39. The molecule has 6 nitrogen and oxygen atoms in total. The molecule has 7 heteroatoms. The van der Waals surface area contributed by atoms with E-state index in [-0.39, 0.29) is 17.3 Å². The second-order valence-corrected chi connectivity index (χ2v) is 5.80. The topological polar surface area (TPSA) is 98.3 Å². The van der Waals surface area contributed by atoms with Crippen molar-refractivity contribution < 1.29 is 9.72 Å². The molecule has 1 aliphatic carbocycles. The average molecular weight is 332 g/mol. The van der Waals surface area contributed by atoms with Crippen LogP contribution in [0.5, 0.6) is 0 Å². The molecular weight excluding hydrogens is 318 g/mol. The molecule has 0 fully saturated rings. The van der Waals surface area contributed by atoms with E-state index >= 15 is 0 Å². The van der Waals surface area contributed by atoms with Gasteiger partial charge in [0.25, 0.3) is 5.69 Å². The number of nitro benzene ring substituents is 1. The lowest BCUT2D eigenvalue weighted by Crippen LogP contribution is -2.13. The molecule has 1 unspecified atom stereocenters. The Morgan fingerprint density at radius 1 is 1.35 bits per heavy atom. The first-order valence-electron chi connectivity index (χ1n) is 7.09. The number of hydrogen-bond acceptors (Lipinski definition) is 4. The number of fused-ring (bicyclic) bond motifs is 1. The van der Waals surface area contributed by atoms with E-state index in [1.807, 2.05) is 18.2 Å². The Morgan fingerprint density at radius 2 is 2.13 bits per heavy atom. The van der Waals surface area contributed by atoms with E-state index in [9.17, 15) is 14.9 Å². The highest BCUT2D eigenvalue weighted by atomic mass is 35.5. The fourth-order valence-electron chi connectivity index (χ4n) is 2.91. The van der Waals surface area contributed by atoms with Crippen LogP contribution in [0.2, 0.25) is 5.02 Å². The van der Waals surface area contributed by atoms with Crippen molar-refractivity contribution in [3.05, 3.63) is 68.2 Å². The van der Waals surface area contributed by atoms with E-state index in [4.69, 9.17) is 17.3 Å². The number of primary amides is 1. The highest BCUT2D eigenvalue weighted by molar-refractivity contribution is 6.31. The quantitative estimate of drug-likeness (QED) is 0.662. The van der Waals surface area contributed by atoms with Gasteiger partial charge in [0.15, 0.2) is 0 Å². The Labute approximate surface area is 137 Å². The van der Waals surface area contributed by atoms with Crippen LogP contribution in [-0.4, -0.2) is 10.8 Å². The Bertz CT molecular complexity index is 807. The number of amides is 1. The van der Waals surface area contributed by atoms with Crippen LogP contribution in [0.25, 0.3) is 0 Å². The lowest BCUT2D eigenvalue weighted by atomic mass is 10.1. The van der Waals surface area contributed by atoms with Crippen LogP contribution in [0.1, 0.15) is 33.9 Å². The largest absolute Gasteiger partial charge is 0.373 e. The molecule has 0 heterocycles. The predicted molar refractivity (Wildman–Crippen MR) is 87.8 cm³/mol. The first kappa shape index (κ1) is 15.3. The Kier molecular flexibility index (Phi) is 3.92. The van der Waals surface area contributed by atoms with Crippen molar-refractivity contribution in [2.24, 2.45) is 5.73 Å². The van der Waals surface area contributed by atoms with Gasteiger partial charge >= 0.3 is 0 Å². The van der Waals surface area contributed by atoms with E-state index in [1.165, 1.54) is 18.2 Å². The molecule has 0 bridgehead atoms. The van der Waals surface area contributed by atoms with E-state index in [1.54, 1.807) is 0 Å². The van der Waals surface area contributed by atoms with E-state index in [2.05, 4.69) is 5.32 Å². The van der Waals surface area contributed by atoms with Crippen molar-refractivity contribution in [3.63, 3.8) is 0 Å². The monoisotopic (exact) mass is 331 g/mol. The maximum atomic E-state index is 11.3. The molecule has 23 heavy (non-hydrogen) atoms. The molecule has 1 amide bonds. The second kappa shape index (κ2) is 5.89. The van der Waals surface area contributed by atoms with Crippen molar-refractivity contribution in [3.8, 4) is 0 Å². The van der Waals surface area contributed by atoms with Crippen LogP contribution in [0, 0.1) is 10.1 Å². The minimum Gasteiger partial charge on any atom is -0.373 e. The highest BCUT2D eigenvalue weighted by Gasteiger charge is 2.26. The number of hydrogen-bond donors (Lipinski definition) is 2. The maximum Gasteiger partial charge on any atom is 0.293 e. The van der Waals surface area contributed by atoms with Gasteiger partial charge in [-0.1, -0.05) is 23.7 Å². The van der Waals surface area contributed by atoms with Crippen molar-refractivity contribution in [1.29, 1.82) is 0 Å². The van der Waals surface area contributed by atoms with E-state index in [0.29, 0.717) is 10.7 Å². The molecule has 3 N–H and O–H groups in total. The summed E-state index contributed by atoms with van der Waals surface area (Å²) in [6.07, 6.45) is 1.62. The third kappa shape index (κ3) is 2.85. The molecule has 1 aliphatic rings. The molecule has 3 rings (SSSR count). The molecule has 0 saturated carbocycles. The van der Waals surface area contributed by atoms with Crippen LogP contribution in [0.4, 0.5) is 11.4 Å². The summed E-state index contributed by atoms with van der Waals surface area (Å²) in [6.45, 7) is 0. The summed E-state index contributed by atoms with van der Waals surface area (Å²) in [4.78, 5) is 21.9. The maximum absolute atomic E-state index is 11.3. The molecule has 2 aromatic carbocycles. The number of anilines is 1.